The van der Waals surface area contributed by atoms with Crippen LogP contribution >= 0.6 is 0 Å². The molecule has 1 aromatic rings. The van der Waals surface area contributed by atoms with Gasteiger partial charge in [0.15, 0.2) is 0 Å². The van der Waals surface area contributed by atoms with Gasteiger partial charge in [-0.2, -0.15) is 0 Å². The molecule has 21 heavy (non-hydrogen) atoms. The van der Waals surface area contributed by atoms with Crippen molar-refractivity contribution in [3.05, 3.63) is 29.8 Å². The highest BCUT2D eigenvalue weighted by Gasteiger charge is 2.36. The molecule has 4 heteroatoms. The Kier molecular flexibility index (Phi) is 6.69. The van der Waals surface area contributed by atoms with E-state index in [0.29, 0.717) is 25.9 Å². The number of aliphatic carboxylic acids is 1. The molecule has 0 amide bonds. The van der Waals surface area contributed by atoms with Gasteiger partial charge in [0.25, 0.3) is 0 Å². The predicted molar refractivity (Wildman–Crippen MR) is 84.8 cm³/mol. The lowest BCUT2D eigenvalue weighted by Crippen LogP contribution is -2.54. The molecule has 0 fully saturated rings. The van der Waals surface area contributed by atoms with Gasteiger partial charge < -0.3 is 9.84 Å². The fourth-order valence-corrected chi connectivity index (χ4v) is 2.42. The number of aryl methyl sites for hydroxylation is 1. The highest BCUT2D eigenvalue weighted by Crippen LogP contribution is 2.20. The zero-order chi connectivity index (χ0) is 15.9. The molecule has 0 saturated carbocycles. The van der Waals surface area contributed by atoms with Crippen molar-refractivity contribution in [1.82, 2.24) is 5.32 Å². The lowest BCUT2D eigenvalue weighted by molar-refractivity contribution is -0.145. The van der Waals surface area contributed by atoms with Gasteiger partial charge in [0.05, 0.1) is 6.61 Å². The Balaban J connectivity index is 2.50. The van der Waals surface area contributed by atoms with Crippen molar-refractivity contribution in [1.29, 1.82) is 0 Å². The summed E-state index contributed by atoms with van der Waals surface area (Å²) in [5.41, 5.74) is 0.338. The Labute approximate surface area is 127 Å². The first-order valence-electron chi connectivity index (χ1n) is 7.60. The van der Waals surface area contributed by atoms with Crippen molar-refractivity contribution in [2.45, 2.75) is 58.5 Å². The largest absolute Gasteiger partial charge is 0.494 e. The van der Waals surface area contributed by atoms with Crippen molar-refractivity contribution < 1.29 is 14.6 Å². The average molecular weight is 293 g/mol. The van der Waals surface area contributed by atoms with E-state index in [9.17, 15) is 9.90 Å². The number of hydrogen-bond donors (Lipinski definition) is 2. The summed E-state index contributed by atoms with van der Waals surface area (Å²) < 4.78 is 5.66. The highest BCUT2D eigenvalue weighted by molar-refractivity contribution is 5.78. The Morgan fingerprint density at radius 3 is 2.43 bits per heavy atom. The number of rotatable bonds is 9. The first-order chi connectivity index (χ1) is 9.89. The monoisotopic (exact) mass is 293 g/mol. The molecule has 0 radical (unpaired) electrons. The third-order valence-corrected chi connectivity index (χ3v) is 3.62. The molecule has 0 aliphatic carbocycles. The molecule has 1 aromatic carbocycles. The quantitative estimate of drug-likeness (QED) is 0.685. The topological polar surface area (TPSA) is 58.6 Å². The van der Waals surface area contributed by atoms with Crippen molar-refractivity contribution in [2.24, 2.45) is 0 Å². The zero-order valence-electron chi connectivity index (χ0n) is 13.5. The molecule has 2 N–H and O–H groups in total. The average Bonchev–Trinajstić information content (AvgIpc) is 2.43. The molecule has 0 aliphatic heterocycles. The van der Waals surface area contributed by atoms with Crippen LogP contribution in [-0.4, -0.2) is 29.3 Å². The molecule has 1 rings (SSSR count). The molecule has 0 bridgehead atoms. The Hall–Kier alpha value is -1.55. The number of ether oxygens (including phenoxy) is 1. The number of hydrogen-bond acceptors (Lipinski definition) is 3. The van der Waals surface area contributed by atoms with Gasteiger partial charge in [-0.25, -0.2) is 0 Å². The third-order valence-electron chi connectivity index (χ3n) is 3.62. The predicted octanol–water partition coefficient (Wildman–Crippen LogP) is 3.39. The van der Waals surface area contributed by atoms with E-state index in [4.69, 9.17) is 4.74 Å². The van der Waals surface area contributed by atoms with Gasteiger partial charge >= 0.3 is 5.97 Å². The molecule has 1 unspecified atom stereocenters. The standard InChI is InChI=1S/C17H27NO3/c1-5-17(16(19)20,18-13(2)3)11-6-12-21-15-9-7-14(4)8-10-15/h7-10,13,18H,5-6,11-12H2,1-4H3,(H,19,20). The second-order valence-electron chi connectivity index (χ2n) is 5.80. The fourth-order valence-electron chi connectivity index (χ4n) is 2.42. The van der Waals surface area contributed by atoms with Crippen molar-refractivity contribution in [3.8, 4) is 5.75 Å². The second-order valence-corrected chi connectivity index (χ2v) is 5.80. The van der Waals surface area contributed by atoms with Crippen LogP contribution in [0.4, 0.5) is 0 Å². The normalized spacial score (nSPS) is 14.0. The molecule has 0 heterocycles. The maximum atomic E-state index is 11.6. The SMILES string of the molecule is CCC(CCCOc1ccc(C)cc1)(NC(C)C)C(=O)O. The molecule has 0 aromatic heterocycles. The van der Waals surface area contributed by atoms with E-state index < -0.39 is 11.5 Å². The van der Waals surface area contributed by atoms with Crippen LogP contribution in [-0.2, 0) is 4.79 Å². The van der Waals surface area contributed by atoms with E-state index in [1.165, 1.54) is 5.56 Å². The summed E-state index contributed by atoms with van der Waals surface area (Å²) >= 11 is 0. The molecule has 0 spiro atoms. The minimum Gasteiger partial charge on any atom is -0.494 e. The minimum absolute atomic E-state index is 0.138. The van der Waals surface area contributed by atoms with Gasteiger partial charge in [0.1, 0.15) is 11.3 Å². The summed E-state index contributed by atoms with van der Waals surface area (Å²) in [7, 11) is 0. The van der Waals surface area contributed by atoms with Crippen LogP contribution in [0.5, 0.6) is 5.75 Å². The molecule has 0 aliphatic rings. The zero-order valence-corrected chi connectivity index (χ0v) is 13.5. The number of carboxylic acid groups (broad SMARTS) is 1. The lowest BCUT2D eigenvalue weighted by Gasteiger charge is -2.31. The summed E-state index contributed by atoms with van der Waals surface area (Å²) in [5.74, 6) is 0.0453. The van der Waals surface area contributed by atoms with Gasteiger partial charge in [-0.05, 0) is 52.2 Å². The molecule has 0 saturated heterocycles. The van der Waals surface area contributed by atoms with Crippen molar-refractivity contribution in [2.75, 3.05) is 6.61 Å². The Bertz CT molecular complexity index is 442. The van der Waals surface area contributed by atoms with Crippen LogP contribution in [0.3, 0.4) is 0 Å². The summed E-state index contributed by atoms with van der Waals surface area (Å²) in [6.07, 6.45) is 1.82. The first-order valence-corrected chi connectivity index (χ1v) is 7.60. The van der Waals surface area contributed by atoms with E-state index in [-0.39, 0.29) is 6.04 Å². The van der Waals surface area contributed by atoms with Crippen LogP contribution in [0.15, 0.2) is 24.3 Å². The Morgan fingerprint density at radius 2 is 1.95 bits per heavy atom. The second kappa shape index (κ2) is 8.03. The van der Waals surface area contributed by atoms with Gasteiger partial charge in [0, 0.05) is 6.04 Å². The van der Waals surface area contributed by atoms with Crippen LogP contribution in [0, 0.1) is 6.92 Å². The third kappa shape index (κ3) is 5.38. The van der Waals surface area contributed by atoms with Crippen molar-refractivity contribution >= 4 is 5.97 Å². The number of carbonyl (C=O) groups is 1. The van der Waals surface area contributed by atoms with Gasteiger partial charge in [0.2, 0.25) is 0 Å². The Morgan fingerprint density at radius 1 is 1.33 bits per heavy atom. The molecule has 4 nitrogen and oxygen atoms in total. The number of carboxylic acids is 1. The summed E-state index contributed by atoms with van der Waals surface area (Å²) in [5, 5.41) is 12.7. The number of benzene rings is 1. The molecule has 118 valence electrons. The summed E-state index contributed by atoms with van der Waals surface area (Å²) in [6, 6.07) is 8.02. The van der Waals surface area contributed by atoms with Crippen LogP contribution in [0.1, 0.15) is 45.6 Å². The van der Waals surface area contributed by atoms with E-state index in [1.54, 1.807) is 0 Å². The smallest absolute Gasteiger partial charge is 0.323 e. The van der Waals surface area contributed by atoms with E-state index >= 15 is 0 Å². The number of nitrogens with one attached hydrogen (secondary N) is 1. The van der Waals surface area contributed by atoms with E-state index in [2.05, 4.69) is 5.32 Å². The van der Waals surface area contributed by atoms with Gasteiger partial charge in [-0.3, -0.25) is 10.1 Å². The van der Waals surface area contributed by atoms with Gasteiger partial charge in [-0.15, -0.1) is 0 Å². The minimum atomic E-state index is -0.856. The van der Waals surface area contributed by atoms with Crippen LogP contribution < -0.4 is 10.1 Å². The lowest BCUT2D eigenvalue weighted by atomic mass is 9.89. The van der Waals surface area contributed by atoms with Crippen LogP contribution in [0.2, 0.25) is 0 Å². The molecular weight excluding hydrogens is 266 g/mol. The maximum absolute atomic E-state index is 11.6. The maximum Gasteiger partial charge on any atom is 0.323 e. The fraction of sp³-hybridized carbons (Fsp3) is 0.588. The summed E-state index contributed by atoms with van der Waals surface area (Å²) in [4.78, 5) is 11.6. The highest BCUT2D eigenvalue weighted by atomic mass is 16.5. The van der Waals surface area contributed by atoms with E-state index in [1.807, 2.05) is 52.0 Å². The van der Waals surface area contributed by atoms with Gasteiger partial charge in [-0.1, -0.05) is 24.6 Å². The van der Waals surface area contributed by atoms with Crippen LogP contribution in [0.25, 0.3) is 0 Å². The summed E-state index contributed by atoms with van der Waals surface area (Å²) in [6.45, 7) is 8.40. The molecule has 1 atom stereocenters. The molecular formula is C17H27NO3. The first kappa shape index (κ1) is 17.5. The van der Waals surface area contributed by atoms with E-state index in [0.717, 1.165) is 5.75 Å². The van der Waals surface area contributed by atoms with Crippen molar-refractivity contribution in [3.63, 3.8) is 0 Å².